The maximum absolute atomic E-state index is 11.2. The number of fused-ring (bicyclic) bond motifs is 1. The number of nitrogens with one attached hydrogen (secondary N) is 1. The Kier molecular flexibility index (Phi) is 4.44. The van der Waals surface area contributed by atoms with Gasteiger partial charge in [0.2, 0.25) is 0 Å². The van der Waals surface area contributed by atoms with E-state index in [1.165, 1.54) is 7.11 Å². The van der Waals surface area contributed by atoms with Crippen molar-refractivity contribution >= 4 is 5.97 Å². The van der Waals surface area contributed by atoms with E-state index in [0.29, 0.717) is 18.9 Å². The molecule has 21 heavy (non-hydrogen) atoms. The molecule has 2 aliphatic rings. The van der Waals surface area contributed by atoms with Crippen molar-refractivity contribution in [3.8, 4) is 5.75 Å². The summed E-state index contributed by atoms with van der Waals surface area (Å²) in [5, 5.41) is 3.45. The molecule has 4 nitrogen and oxygen atoms in total. The fourth-order valence-corrected chi connectivity index (χ4v) is 3.52. The quantitative estimate of drug-likeness (QED) is 0.844. The first-order chi connectivity index (χ1) is 10.2. The van der Waals surface area contributed by atoms with Crippen LogP contribution in [-0.4, -0.2) is 32.3 Å². The van der Waals surface area contributed by atoms with E-state index in [2.05, 4.69) is 16.1 Å². The Labute approximate surface area is 125 Å². The summed E-state index contributed by atoms with van der Waals surface area (Å²) in [4.78, 5) is 11.2. The molecule has 1 aromatic carbocycles. The molecule has 2 atom stereocenters. The molecule has 4 heteroatoms. The number of aryl methyl sites for hydroxylation is 1. The zero-order valence-corrected chi connectivity index (χ0v) is 12.5. The molecule has 2 unspecified atom stereocenters. The summed E-state index contributed by atoms with van der Waals surface area (Å²) < 4.78 is 10.8. The molecule has 0 aromatic heterocycles. The minimum absolute atomic E-state index is 0.169. The second kappa shape index (κ2) is 6.48. The summed E-state index contributed by atoms with van der Waals surface area (Å²) in [6.45, 7) is 2.29. The van der Waals surface area contributed by atoms with Crippen LogP contribution in [0.5, 0.6) is 5.75 Å². The molecular formula is C17H23NO3. The van der Waals surface area contributed by atoms with Crippen LogP contribution >= 0.6 is 0 Å². The van der Waals surface area contributed by atoms with Crippen molar-refractivity contribution in [1.82, 2.24) is 5.32 Å². The zero-order valence-electron chi connectivity index (χ0n) is 12.5. The lowest BCUT2D eigenvalue weighted by molar-refractivity contribution is -0.140. The first-order valence-corrected chi connectivity index (χ1v) is 7.77. The van der Waals surface area contributed by atoms with E-state index in [-0.39, 0.29) is 5.97 Å². The number of ether oxygens (including phenoxy) is 2. The number of carbonyl (C=O) groups excluding carboxylic acids is 1. The van der Waals surface area contributed by atoms with Crippen LogP contribution in [0.25, 0.3) is 0 Å². The van der Waals surface area contributed by atoms with Gasteiger partial charge in [-0.3, -0.25) is 4.79 Å². The van der Waals surface area contributed by atoms with Crippen LogP contribution in [0.2, 0.25) is 0 Å². The summed E-state index contributed by atoms with van der Waals surface area (Å²) in [5.41, 5.74) is 1.12. The van der Waals surface area contributed by atoms with E-state index in [9.17, 15) is 4.79 Å². The summed E-state index contributed by atoms with van der Waals surface area (Å²) in [6, 6.07) is 8.09. The van der Waals surface area contributed by atoms with Gasteiger partial charge in [0.1, 0.15) is 5.75 Å². The number of carbonyl (C=O) groups is 1. The van der Waals surface area contributed by atoms with Crippen molar-refractivity contribution in [1.29, 1.82) is 0 Å². The van der Waals surface area contributed by atoms with Gasteiger partial charge in [0.05, 0.1) is 13.2 Å². The predicted octanol–water partition coefficient (Wildman–Crippen LogP) is 2.17. The van der Waals surface area contributed by atoms with Gasteiger partial charge in [-0.1, -0.05) is 12.1 Å². The van der Waals surface area contributed by atoms with Gasteiger partial charge < -0.3 is 14.8 Å². The van der Waals surface area contributed by atoms with Crippen molar-refractivity contribution < 1.29 is 14.3 Å². The maximum Gasteiger partial charge on any atom is 0.305 e. The standard InChI is InChI=1S/C17H23NO3/c1-20-17(19)6-5-12-3-2-4-15(7-12)21-16-8-13-10-18-11-14(13)9-16/h2-4,7,13-14,16,18H,5-6,8-11H2,1H3. The number of esters is 1. The Morgan fingerprint density at radius 2 is 2.05 bits per heavy atom. The fourth-order valence-electron chi connectivity index (χ4n) is 3.52. The van der Waals surface area contributed by atoms with Crippen LogP contribution < -0.4 is 10.1 Å². The molecular weight excluding hydrogens is 266 g/mol. The average Bonchev–Trinajstić information content (AvgIpc) is 3.06. The third-order valence-electron chi connectivity index (χ3n) is 4.66. The second-order valence-electron chi connectivity index (χ2n) is 6.11. The van der Waals surface area contributed by atoms with Gasteiger partial charge in [0.15, 0.2) is 0 Å². The lowest BCUT2D eigenvalue weighted by atomic mass is 10.0. The molecule has 1 heterocycles. The monoisotopic (exact) mass is 289 g/mol. The van der Waals surface area contributed by atoms with Gasteiger partial charge in [-0.2, -0.15) is 0 Å². The van der Waals surface area contributed by atoms with Gasteiger partial charge in [0.25, 0.3) is 0 Å². The third-order valence-corrected chi connectivity index (χ3v) is 4.66. The molecule has 3 rings (SSSR count). The van der Waals surface area contributed by atoms with Gasteiger partial charge in [0, 0.05) is 6.42 Å². The lowest BCUT2D eigenvalue weighted by Crippen LogP contribution is -2.18. The highest BCUT2D eigenvalue weighted by molar-refractivity contribution is 5.69. The van der Waals surface area contributed by atoms with Gasteiger partial charge >= 0.3 is 5.97 Å². The van der Waals surface area contributed by atoms with E-state index >= 15 is 0 Å². The molecule has 0 radical (unpaired) electrons. The lowest BCUT2D eigenvalue weighted by Gasteiger charge is -2.15. The minimum Gasteiger partial charge on any atom is -0.490 e. The smallest absolute Gasteiger partial charge is 0.305 e. The van der Waals surface area contributed by atoms with Gasteiger partial charge in [-0.25, -0.2) is 0 Å². The molecule has 1 saturated heterocycles. The molecule has 2 fully saturated rings. The topological polar surface area (TPSA) is 47.6 Å². The average molecular weight is 289 g/mol. The molecule has 0 bridgehead atoms. The Bertz CT molecular complexity index is 491. The highest BCUT2D eigenvalue weighted by Gasteiger charge is 2.38. The van der Waals surface area contributed by atoms with Crippen molar-refractivity contribution in [3.05, 3.63) is 29.8 Å². The Morgan fingerprint density at radius 3 is 2.76 bits per heavy atom. The van der Waals surface area contributed by atoms with Crippen molar-refractivity contribution in [2.45, 2.75) is 31.8 Å². The van der Waals surface area contributed by atoms with Crippen molar-refractivity contribution in [3.63, 3.8) is 0 Å². The first kappa shape index (κ1) is 14.4. The van der Waals surface area contributed by atoms with E-state index in [4.69, 9.17) is 4.74 Å². The molecule has 1 saturated carbocycles. The number of hydrogen-bond donors (Lipinski definition) is 1. The van der Waals surface area contributed by atoms with Crippen LogP contribution in [0.15, 0.2) is 24.3 Å². The van der Waals surface area contributed by atoms with Crippen LogP contribution in [0.4, 0.5) is 0 Å². The number of hydrogen-bond acceptors (Lipinski definition) is 4. The molecule has 1 N–H and O–H groups in total. The summed E-state index contributed by atoms with van der Waals surface area (Å²) >= 11 is 0. The molecule has 114 valence electrons. The highest BCUT2D eigenvalue weighted by Crippen LogP contribution is 2.36. The normalized spacial score (nSPS) is 27.4. The maximum atomic E-state index is 11.2. The van der Waals surface area contributed by atoms with Crippen LogP contribution in [0.3, 0.4) is 0 Å². The zero-order chi connectivity index (χ0) is 14.7. The third kappa shape index (κ3) is 3.56. The second-order valence-corrected chi connectivity index (χ2v) is 6.11. The Balaban J connectivity index is 1.55. The van der Waals surface area contributed by atoms with E-state index in [1.54, 1.807) is 0 Å². The summed E-state index contributed by atoms with van der Waals surface area (Å²) in [5.74, 6) is 2.34. The minimum atomic E-state index is -0.169. The Hall–Kier alpha value is -1.55. The SMILES string of the molecule is COC(=O)CCc1cccc(OC2CC3CNCC3C2)c1. The summed E-state index contributed by atoms with van der Waals surface area (Å²) in [7, 11) is 1.42. The molecule has 0 amide bonds. The Morgan fingerprint density at radius 1 is 1.29 bits per heavy atom. The number of methoxy groups -OCH3 is 1. The highest BCUT2D eigenvalue weighted by atomic mass is 16.5. The van der Waals surface area contributed by atoms with Crippen molar-refractivity contribution in [2.24, 2.45) is 11.8 Å². The molecule has 1 aliphatic heterocycles. The van der Waals surface area contributed by atoms with E-state index < -0.39 is 0 Å². The van der Waals surface area contributed by atoms with Gasteiger partial charge in [-0.05, 0) is 61.9 Å². The van der Waals surface area contributed by atoms with Crippen LogP contribution in [-0.2, 0) is 16.0 Å². The molecule has 1 aromatic rings. The largest absolute Gasteiger partial charge is 0.490 e. The van der Waals surface area contributed by atoms with Crippen molar-refractivity contribution in [2.75, 3.05) is 20.2 Å². The van der Waals surface area contributed by atoms with Gasteiger partial charge in [-0.15, -0.1) is 0 Å². The van der Waals surface area contributed by atoms with E-state index in [1.807, 2.05) is 18.2 Å². The molecule has 0 spiro atoms. The fraction of sp³-hybridized carbons (Fsp3) is 0.588. The van der Waals surface area contributed by atoms with Crippen LogP contribution in [0.1, 0.15) is 24.8 Å². The molecule has 1 aliphatic carbocycles. The summed E-state index contributed by atoms with van der Waals surface area (Å²) in [6.07, 6.45) is 3.77. The predicted molar refractivity (Wildman–Crippen MR) is 80.3 cm³/mol. The number of rotatable bonds is 5. The van der Waals surface area contributed by atoms with Crippen LogP contribution in [0, 0.1) is 11.8 Å². The number of benzene rings is 1. The first-order valence-electron chi connectivity index (χ1n) is 7.77. The van der Waals surface area contributed by atoms with E-state index in [0.717, 1.165) is 49.1 Å².